The number of nitrogens with two attached hydrogens (primary N) is 1. The van der Waals surface area contributed by atoms with Crippen molar-refractivity contribution in [1.82, 2.24) is 0 Å². The van der Waals surface area contributed by atoms with Gasteiger partial charge in [-0.2, -0.15) is 0 Å². The lowest BCUT2D eigenvalue weighted by Gasteiger charge is -2.22. The predicted molar refractivity (Wildman–Crippen MR) is 60.0 cm³/mol. The van der Waals surface area contributed by atoms with Gasteiger partial charge in [0.25, 0.3) is 0 Å². The molecule has 3 N–H and O–H groups in total. The minimum absolute atomic E-state index is 0.0903. The van der Waals surface area contributed by atoms with Gasteiger partial charge in [0.15, 0.2) is 0 Å². The van der Waals surface area contributed by atoms with E-state index in [4.69, 9.17) is 10.8 Å². The maximum absolute atomic E-state index is 13.9. The Morgan fingerprint density at radius 1 is 1.53 bits per heavy atom. The third kappa shape index (κ3) is 2.79. The maximum Gasteiger partial charge on any atom is 0.312 e. The molecule has 0 fully saturated rings. The number of carbonyl (C=O) groups is 1. The van der Waals surface area contributed by atoms with Crippen molar-refractivity contribution in [2.75, 3.05) is 6.54 Å². The summed E-state index contributed by atoms with van der Waals surface area (Å²) in [7, 11) is 0. The zero-order valence-corrected chi connectivity index (χ0v) is 9.71. The molecule has 0 radical (unpaired) electrons. The second-order valence-corrected chi connectivity index (χ2v) is 4.30. The summed E-state index contributed by atoms with van der Waals surface area (Å²) in [6, 6.07) is 3.85. The van der Waals surface area contributed by atoms with Gasteiger partial charge in [0.2, 0.25) is 0 Å². The van der Waals surface area contributed by atoms with E-state index in [0.717, 1.165) is 6.07 Å². The molecule has 17 heavy (non-hydrogen) atoms. The summed E-state index contributed by atoms with van der Waals surface area (Å²) in [5.74, 6) is -3.05. The molecule has 94 valence electrons. The molecule has 3 nitrogen and oxygen atoms in total. The monoisotopic (exact) mass is 243 g/mol. The van der Waals surface area contributed by atoms with E-state index < -0.39 is 23.4 Å². The summed E-state index contributed by atoms with van der Waals surface area (Å²) in [6.07, 6.45) is 0. The van der Waals surface area contributed by atoms with Crippen LogP contribution < -0.4 is 5.73 Å². The Hall–Kier alpha value is -1.49. The lowest BCUT2D eigenvalue weighted by molar-refractivity contribution is -0.138. The summed E-state index contributed by atoms with van der Waals surface area (Å²) in [5.41, 5.74) is 3.24. The average Bonchev–Trinajstić information content (AvgIpc) is 2.15. The Morgan fingerprint density at radius 2 is 2.12 bits per heavy atom. The first kappa shape index (κ1) is 13.6. The molecule has 0 saturated carbocycles. The molecule has 1 atom stereocenters. The largest absolute Gasteiger partial charge is 0.481 e. The molecule has 0 spiro atoms. The van der Waals surface area contributed by atoms with Crippen molar-refractivity contribution in [3.63, 3.8) is 0 Å². The molecule has 1 aromatic carbocycles. The molecule has 1 aromatic rings. The van der Waals surface area contributed by atoms with Crippen LogP contribution in [0.5, 0.6) is 0 Å². The van der Waals surface area contributed by atoms with Gasteiger partial charge < -0.3 is 10.8 Å². The van der Waals surface area contributed by atoms with Crippen LogP contribution >= 0.6 is 0 Å². The molecule has 0 saturated heterocycles. The highest BCUT2D eigenvalue weighted by atomic mass is 19.1. The van der Waals surface area contributed by atoms with Crippen LogP contribution in [0.3, 0.4) is 0 Å². The number of alkyl halides is 1. The van der Waals surface area contributed by atoms with Gasteiger partial charge in [-0.25, -0.2) is 8.78 Å². The Bertz CT molecular complexity index is 427. The van der Waals surface area contributed by atoms with Gasteiger partial charge in [0.1, 0.15) is 11.5 Å². The number of rotatable bonds is 4. The number of aliphatic carboxylic acids is 1. The highest BCUT2D eigenvalue weighted by molar-refractivity contribution is 5.77. The van der Waals surface area contributed by atoms with E-state index >= 15 is 0 Å². The van der Waals surface area contributed by atoms with Crippen LogP contribution in [0.15, 0.2) is 18.2 Å². The lowest BCUT2D eigenvalue weighted by atomic mass is 9.87. The summed E-state index contributed by atoms with van der Waals surface area (Å²) in [4.78, 5) is 11.0. The van der Waals surface area contributed by atoms with Crippen molar-refractivity contribution in [2.24, 2.45) is 5.73 Å². The molecule has 1 unspecified atom stereocenters. The van der Waals surface area contributed by atoms with Gasteiger partial charge in [-0.05, 0) is 25.5 Å². The molecule has 0 aliphatic rings. The molecular weight excluding hydrogens is 228 g/mol. The van der Waals surface area contributed by atoms with Crippen LogP contribution in [0.1, 0.15) is 30.9 Å². The molecule has 0 heterocycles. The van der Waals surface area contributed by atoms with Gasteiger partial charge in [-0.1, -0.05) is 12.1 Å². The van der Waals surface area contributed by atoms with E-state index in [0.29, 0.717) is 0 Å². The van der Waals surface area contributed by atoms with Crippen LogP contribution in [-0.2, 0) is 10.5 Å². The first-order valence-electron chi connectivity index (χ1n) is 5.19. The van der Waals surface area contributed by atoms with Crippen molar-refractivity contribution in [1.29, 1.82) is 0 Å². The van der Waals surface area contributed by atoms with Crippen LogP contribution in [0.2, 0.25) is 0 Å². The number of hydrogen-bond acceptors (Lipinski definition) is 2. The van der Waals surface area contributed by atoms with E-state index in [2.05, 4.69) is 0 Å². The smallest absolute Gasteiger partial charge is 0.312 e. The van der Waals surface area contributed by atoms with Gasteiger partial charge in [0, 0.05) is 12.1 Å². The molecule has 0 aromatic heterocycles. The second kappa shape index (κ2) is 4.79. The predicted octanol–water partition coefficient (Wildman–Crippen LogP) is 2.16. The minimum atomic E-state index is -1.95. The summed E-state index contributed by atoms with van der Waals surface area (Å²) >= 11 is 0. The van der Waals surface area contributed by atoms with E-state index in [9.17, 15) is 13.6 Å². The van der Waals surface area contributed by atoms with Crippen LogP contribution in [0.4, 0.5) is 8.78 Å². The maximum atomic E-state index is 13.9. The normalized spacial score (nSPS) is 13.5. The molecule has 5 heteroatoms. The van der Waals surface area contributed by atoms with Crippen LogP contribution in [0.25, 0.3) is 0 Å². The number of carboxylic acid groups (broad SMARTS) is 1. The highest BCUT2D eigenvalue weighted by Gasteiger charge is 2.31. The van der Waals surface area contributed by atoms with E-state index in [1.54, 1.807) is 0 Å². The van der Waals surface area contributed by atoms with Gasteiger partial charge in [0.05, 0.1) is 5.92 Å². The molecule has 0 aliphatic heterocycles. The SMILES string of the molecule is CC(C)(F)c1c(F)cccc1C(CN)C(=O)O. The number of benzene rings is 1. The zero-order valence-electron chi connectivity index (χ0n) is 9.71. The lowest BCUT2D eigenvalue weighted by Crippen LogP contribution is -2.26. The van der Waals surface area contributed by atoms with Crippen molar-refractivity contribution in [3.8, 4) is 0 Å². The molecule has 0 amide bonds. The topological polar surface area (TPSA) is 63.3 Å². The van der Waals surface area contributed by atoms with Crippen LogP contribution in [0, 0.1) is 5.82 Å². The number of hydrogen-bond donors (Lipinski definition) is 2. The van der Waals surface area contributed by atoms with Gasteiger partial charge in [-0.15, -0.1) is 0 Å². The molecule has 0 bridgehead atoms. The highest BCUT2D eigenvalue weighted by Crippen LogP contribution is 2.34. The van der Waals surface area contributed by atoms with Crippen molar-refractivity contribution in [2.45, 2.75) is 25.4 Å². The van der Waals surface area contributed by atoms with E-state index in [1.165, 1.54) is 26.0 Å². The van der Waals surface area contributed by atoms with E-state index in [1.807, 2.05) is 0 Å². The summed E-state index contributed by atoms with van der Waals surface area (Å²) in [6.45, 7) is 2.16. The Kier molecular flexibility index (Phi) is 3.83. The third-order valence-corrected chi connectivity index (χ3v) is 2.55. The molecule has 1 rings (SSSR count). The average molecular weight is 243 g/mol. The fourth-order valence-electron chi connectivity index (χ4n) is 1.82. The first-order chi connectivity index (χ1) is 7.79. The standard InChI is InChI=1S/C12H15F2NO2/c1-12(2,14)10-7(4-3-5-9(10)13)8(6-15)11(16)17/h3-5,8H,6,15H2,1-2H3,(H,16,17). The summed E-state index contributed by atoms with van der Waals surface area (Å²) in [5, 5.41) is 8.98. The van der Waals surface area contributed by atoms with Crippen molar-refractivity contribution < 1.29 is 18.7 Å². The fourth-order valence-corrected chi connectivity index (χ4v) is 1.82. The van der Waals surface area contributed by atoms with Crippen molar-refractivity contribution in [3.05, 3.63) is 35.1 Å². The van der Waals surface area contributed by atoms with E-state index in [-0.39, 0.29) is 17.7 Å². The Balaban J connectivity index is 3.43. The molecule has 0 aliphatic carbocycles. The number of carboxylic acids is 1. The van der Waals surface area contributed by atoms with Gasteiger partial charge >= 0.3 is 5.97 Å². The fraction of sp³-hybridized carbons (Fsp3) is 0.417. The van der Waals surface area contributed by atoms with Crippen LogP contribution in [-0.4, -0.2) is 17.6 Å². The number of halogens is 2. The minimum Gasteiger partial charge on any atom is -0.481 e. The Morgan fingerprint density at radius 3 is 2.53 bits per heavy atom. The van der Waals surface area contributed by atoms with Crippen molar-refractivity contribution >= 4 is 5.97 Å². The molecular formula is C12H15F2NO2. The zero-order chi connectivity index (χ0) is 13.2. The Labute approximate surface area is 98.2 Å². The summed E-state index contributed by atoms with van der Waals surface area (Å²) < 4.78 is 27.6. The quantitative estimate of drug-likeness (QED) is 0.851. The first-order valence-corrected chi connectivity index (χ1v) is 5.19. The van der Waals surface area contributed by atoms with Gasteiger partial charge in [-0.3, -0.25) is 4.79 Å². The second-order valence-electron chi connectivity index (χ2n) is 4.30. The third-order valence-electron chi connectivity index (χ3n) is 2.55.